The van der Waals surface area contributed by atoms with Crippen LogP contribution in [0.25, 0.3) is 0 Å². The third-order valence-corrected chi connectivity index (χ3v) is 5.21. The van der Waals surface area contributed by atoms with Crippen molar-refractivity contribution >= 4 is 16.0 Å². The van der Waals surface area contributed by atoms with E-state index in [0.717, 1.165) is 19.5 Å². The van der Waals surface area contributed by atoms with Crippen molar-refractivity contribution in [3.63, 3.8) is 0 Å². The van der Waals surface area contributed by atoms with Crippen LogP contribution in [0.3, 0.4) is 0 Å². The molecule has 0 radical (unpaired) electrons. The Balaban J connectivity index is 1.95. The lowest BCUT2D eigenvalue weighted by molar-refractivity contribution is -0.134. The fourth-order valence-electron chi connectivity index (χ4n) is 2.62. The number of sulfonamides is 1. The molecule has 7 heteroatoms. The Labute approximate surface area is 101 Å². The second-order valence-corrected chi connectivity index (χ2v) is 6.66. The second-order valence-electron chi connectivity index (χ2n) is 4.69. The minimum atomic E-state index is -3.61. The molecular formula is C10H18N2O4S. The molecule has 0 aromatic rings. The first-order valence-corrected chi connectivity index (χ1v) is 7.53. The Morgan fingerprint density at radius 2 is 1.88 bits per heavy atom. The summed E-state index contributed by atoms with van der Waals surface area (Å²) in [6.07, 6.45) is 3.18. The van der Waals surface area contributed by atoms with Gasteiger partial charge in [-0.1, -0.05) is 0 Å². The van der Waals surface area contributed by atoms with Crippen LogP contribution in [0, 0.1) is 0 Å². The first-order valence-electron chi connectivity index (χ1n) is 5.93. The maximum Gasteiger partial charge on any atom is 0.320 e. The molecule has 0 aromatic heterocycles. The molecule has 0 saturated carbocycles. The predicted octanol–water partition coefficient (Wildman–Crippen LogP) is -0.429. The summed E-state index contributed by atoms with van der Waals surface area (Å²) in [6, 6.07) is 0.279. The first kappa shape index (κ1) is 12.8. The molecule has 1 atom stereocenters. The van der Waals surface area contributed by atoms with Gasteiger partial charge in [0.05, 0.1) is 0 Å². The Bertz CT molecular complexity index is 389. The van der Waals surface area contributed by atoms with Crippen molar-refractivity contribution in [3.8, 4) is 0 Å². The highest BCUT2D eigenvalue weighted by molar-refractivity contribution is 7.89. The van der Waals surface area contributed by atoms with Gasteiger partial charge in [0.15, 0.2) is 5.75 Å². The summed E-state index contributed by atoms with van der Waals surface area (Å²) < 4.78 is 24.8. The average molecular weight is 262 g/mol. The highest BCUT2D eigenvalue weighted by Crippen LogP contribution is 2.22. The molecule has 0 bridgehead atoms. The van der Waals surface area contributed by atoms with Crippen molar-refractivity contribution in [2.75, 3.05) is 31.9 Å². The van der Waals surface area contributed by atoms with E-state index in [9.17, 15) is 13.2 Å². The Kier molecular flexibility index (Phi) is 3.70. The largest absolute Gasteiger partial charge is 0.480 e. The molecule has 1 N–H and O–H groups in total. The molecule has 0 aromatic carbocycles. The van der Waals surface area contributed by atoms with Gasteiger partial charge in [-0.25, -0.2) is 8.42 Å². The van der Waals surface area contributed by atoms with Crippen LogP contribution < -0.4 is 0 Å². The monoisotopic (exact) mass is 262 g/mol. The number of hydrogen-bond donors (Lipinski definition) is 1. The van der Waals surface area contributed by atoms with Gasteiger partial charge in [-0.05, 0) is 32.4 Å². The maximum atomic E-state index is 11.7. The second kappa shape index (κ2) is 4.91. The van der Waals surface area contributed by atoms with Crippen molar-refractivity contribution < 1.29 is 18.3 Å². The lowest BCUT2D eigenvalue weighted by Crippen LogP contribution is -2.38. The Hall–Kier alpha value is -0.660. The molecule has 2 saturated heterocycles. The van der Waals surface area contributed by atoms with E-state index in [4.69, 9.17) is 5.11 Å². The molecule has 0 aliphatic carbocycles. The number of rotatable bonds is 4. The molecule has 0 spiro atoms. The fraction of sp³-hybridized carbons (Fsp3) is 0.900. The summed E-state index contributed by atoms with van der Waals surface area (Å²) in [6.45, 7) is 2.99. The van der Waals surface area contributed by atoms with Gasteiger partial charge < -0.3 is 5.11 Å². The molecule has 98 valence electrons. The highest BCUT2D eigenvalue weighted by Gasteiger charge is 2.35. The topological polar surface area (TPSA) is 77.9 Å². The van der Waals surface area contributed by atoms with E-state index in [0.29, 0.717) is 13.1 Å². The number of nitrogens with zero attached hydrogens (tertiary/aromatic N) is 2. The number of carboxylic acid groups (broad SMARTS) is 1. The normalized spacial score (nSPS) is 27.6. The third-order valence-electron chi connectivity index (χ3n) is 3.48. The van der Waals surface area contributed by atoms with Gasteiger partial charge in [0.25, 0.3) is 0 Å². The lowest BCUT2D eigenvalue weighted by atomic mass is 10.2. The summed E-state index contributed by atoms with van der Waals surface area (Å²) in [5.74, 6) is -2.07. The van der Waals surface area contributed by atoms with Crippen LogP contribution in [0.1, 0.15) is 19.3 Å². The molecule has 0 amide bonds. The molecule has 17 heavy (non-hydrogen) atoms. The predicted molar refractivity (Wildman–Crippen MR) is 62.2 cm³/mol. The van der Waals surface area contributed by atoms with Crippen molar-refractivity contribution in [1.82, 2.24) is 9.21 Å². The summed E-state index contributed by atoms with van der Waals surface area (Å²) in [7, 11) is -3.61. The van der Waals surface area contributed by atoms with Crippen LogP contribution in [0.4, 0.5) is 0 Å². The Morgan fingerprint density at radius 3 is 2.47 bits per heavy atom. The van der Waals surface area contributed by atoms with Crippen LogP contribution in [0.2, 0.25) is 0 Å². The van der Waals surface area contributed by atoms with Gasteiger partial charge in [-0.2, -0.15) is 4.31 Å². The number of aliphatic carboxylic acids is 1. The van der Waals surface area contributed by atoms with Crippen LogP contribution >= 0.6 is 0 Å². The van der Waals surface area contributed by atoms with Crippen LogP contribution in [-0.4, -0.2) is 66.7 Å². The van der Waals surface area contributed by atoms with E-state index in [1.54, 1.807) is 0 Å². The lowest BCUT2D eigenvalue weighted by Gasteiger charge is -2.23. The van der Waals surface area contributed by atoms with Crippen molar-refractivity contribution in [2.24, 2.45) is 0 Å². The van der Waals surface area contributed by atoms with E-state index >= 15 is 0 Å². The number of hydrogen-bond acceptors (Lipinski definition) is 4. The summed E-state index contributed by atoms with van der Waals surface area (Å²) in [4.78, 5) is 12.8. The summed E-state index contributed by atoms with van der Waals surface area (Å²) in [5.41, 5.74) is 0. The molecule has 2 rings (SSSR count). The van der Waals surface area contributed by atoms with Crippen LogP contribution in [0.15, 0.2) is 0 Å². The van der Waals surface area contributed by atoms with E-state index in [1.165, 1.54) is 17.1 Å². The van der Waals surface area contributed by atoms with Crippen LogP contribution in [0.5, 0.6) is 0 Å². The van der Waals surface area contributed by atoms with Gasteiger partial charge in [0.1, 0.15) is 0 Å². The Morgan fingerprint density at radius 1 is 1.24 bits per heavy atom. The van der Waals surface area contributed by atoms with Crippen molar-refractivity contribution in [3.05, 3.63) is 0 Å². The number of likely N-dealkylation sites (tertiary alicyclic amines) is 1. The third kappa shape index (κ3) is 2.97. The van der Waals surface area contributed by atoms with Gasteiger partial charge in [0.2, 0.25) is 10.0 Å². The molecule has 1 unspecified atom stereocenters. The van der Waals surface area contributed by atoms with E-state index in [2.05, 4.69) is 4.90 Å². The van der Waals surface area contributed by atoms with E-state index in [-0.39, 0.29) is 6.04 Å². The molecule has 6 nitrogen and oxygen atoms in total. The number of carboxylic acids is 1. The zero-order valence-electron chi connectivity index (χ0n) is 9.71. The van der Waals surface area contributed by atoms with E-state index in [1.807, 2.05) is 0 Å². The fourth-order valence-corrected chi connectivity index (χ4v) is 3.89. The quantitative estimate of drug-likeness (QED) is 0.744. The molecule has 2 aliphatic heterocycles. The molecule has 2 heterocycles. The molecule has 2 fully saturated rings. The van der Waals surface area contributed by atoms with Gasteiger partial charge in [-0.3, -0.25) is 9.69 Å². The van der Waals surface area contributed by atoms with Gasteiger partial charge in [-0.15, -0.1) is 0 Å². The molecule has 2 aliphatic rings. The smallest absolute Gasteiger partial charge is 0.320 e. The minimum absolute atomic E-state index is 0.279. The highest BCUT2D eigenvalue weighted by atomic mass is 32.2. The first-order chi connectivity index (χ1) is 7.99. The van der Waals surface area contributed by atoms with Crippen molar-refractivity contribution in [2.45, 2.75) is 25.3 Å². The van der Waals surface area contributed by atoms with Crippen LogP contribution in [-0.2, 0) is 14.8 Å². The summed E-state index contributed by atoms with van der Waals surface area (Å²) in [5, 5.41) is 8.57. The van der Waals surface area contributed by atoms with Gasteiger partial charge >= 0.3 is 5.97 Å². The number of carbonyl (C=O) groups is 1. The SMILES string of the molecule is O=C(O)CS(=O)(=O)N1CCC(N2CCCC2)C1. The molecular weight excluding hydrogens is 244 g/mol. The van der Waals surface area contributed by atoms with Gasteiger partial charge in [0, 0.05) is 19.1 Å². The average Bonchev–Trinajstić information content (AvgIpc) is 2.87. The van der Waals surface area contributed by atoms with E-state index < -0.39 is 21.7 Å². The minimum Gasteiger partial charge on any atom is -0.480 e. The zero-order valence-corrected chi connectivity index (χ0v) is 10.5. The maximum absolute atomic E-state index is 11.7. The summed E-state index contributed by atoms with van der Waals surface area (Å²) >= 11 is 0. The standard InChI is InChI=1S/C10H18N2O4S/c13-10(14)8-17(15,16)12-6-3-9(7-12)11-4-1-2-5-11/h9H,1-8H2,(H,13,14). The zero-order chi connectivity index (χ0) is 12.5. The van der Waals surface area contributed by atoms with Crippen molar-refractivity contribution in [1.29, 1.82) is 0 Å².